The Labute approximate surface area is 120 Å². The molecule has 0 aromatic rings. The summed E-state index contributed by atoms with van der Waals surface area (Å²) >= 11 is 0. The van der Waals surface area contributed by atoms with Crippen LogP contribution < -0.4 is 10.6 Å². The number of carbonyl (C=O) groups excluding carboxylic acids is 2. The van der Waals surface area contributed by atoms with Crippen LogP contribution in [-0.4, -0.2) is 36.0 Å². The van der Waals surface area contributed by atoms with Gasteiger partial charge in [0.05, 0.1) is 0 Å². The van der Waals surface area contributed by atoms with Gasteiger partial charge in [0.25, 0.3) is 0 Å². The monoisotopic (exact) mass is 286 g/mol. The molecule has 0 fully saturated rings. The molecule has 6 heteroatoms. The van der Waals surface area contributed by atoms with E-state index in [0.29, 0.717) is 19.5 Å². The third-order valence-corrected chi connectivity index (χ3v) is 2.71. The fraction of sp³-hybridized carbons (Fsp3) is 0.786. The van der Waals surface area contributed by atoms with Gasteiger partial charge >= 0.3 is 5.97 Å². The molecule has 0 aromatic heterocycles. The minimum absolute atomic E-state index is 0.0704. The average molecular weight is 286 g/mol. The quantitative estimate of drug-likeness (QED) is 0.557. The van der Waals surface area contributed by atoms with Crippen LogP contribution in [0.15, 0.2) is 0 Å². The van der Waals surface area contributed by atoms with Crippen molar-refractivity contribution >= 4 is 17.8 Å². The molecule has 2 amide bonds. The molecule has 0 unspecified atom stereocenters. The molecule has 20 heavy (non-hydrogen) atoms. The standard InChI is InChI=1S/C14H26N2O4/c1-14(2,3)13(20)16-10-8-11(17)15-9-6-4-5-7-12(18)19/h4-10H2,1-3H3,(H,15,17)(H,16,20)(H,18,19). The highest BCUT2D eigenvalue weighted by Crippen LogP contribution is 2.11. The Morgan fingerprint density at radius 1 is 0.900 bits per heavy atom. The van der Waals surface area contributed by atoms with Crippen LogP contribution in [0.2, 0.25) is 0 Å². The molecule has 0 saturated heterocycles. The Kier molecular flexibility index (Phi) is 8.59. The van der Waals surface area contributed by atoms with Gasteiger partial charge in [-0.25, -0.2) is 0 Å². The van der Waals surface area contributed by atoms with Crippen LogP contribution in [-0.2, 0) is 14.4 Å². The van der Waals surface area contributed by atoms with Crippen molar-refractivity contribution in [2.24, 2.45) is 5.41 Å². The first-order chi connectivity index (χ1) is 9.23. The molecule has 0 aliphatic heterocycles. The van der Waals surface area contributed by atoms with Gasteiger partial charge in [-0.05, 0) is 12.8 Å². The van der Waals surface area contributed by atoms with Crippen molar-refractivity contribution in [3.63, 3.8) is 0 Å². The molecule has 0 bridgehead atoms. The fourth-order valence-electron chi connectivity index (χ4n) is 1.45. The highest BCUT2D eigenvalue weighted by Gasteiger charge is 2.20. The SMILES string of the molecule is CC(C)(C)C(=O)NCCC(=O)NCCCCCC(=O)O. The van der Waals surface area contributed by atoms with E-state index in [0.717, 1.165) is 12.8 Å². The number of hydrogen-bond donors (Lipinski definition) is 3. The average Bonchev–Trinajstić information content (AvgIpc) is 2.31. The number of nitrogens with one attached hydrogen (secondary N) is 2. The molecule has 0 saturated carbocycles. The minimum Gasteiger partial charge on any atom is -0.481 e. The van der Waals surface area contributed by atoms with E-state index in [4.69, 9.17) is 5.11 Å². The van der Waals surface area contributed by atoms with E-state index in [1.807, 2.05) is 20.8 Å². The zero-order valence-corrected chi connectivity index (χ0v) is 12.6. The van der Waals surface area contributed by atoms with Gasteiger partial charge in [0, 0.05) is 31.3 Å². The topological polar surface area (TPSA) is 95.5 Å². The van der Waals surface area contributed by atoms with Gasteiger partial charge < -0.3 is 15.7 Å². The summed E-state index contributed by atoms with van der Waals surface area (Å²) in [7, 11) is 0. The third-order valence-electron chi connectivity index (χ3n) is 2.71. The number of carbonyl (C=O) groups is 3. The van der Waals surface area contributed by atoms with Gasteiger partial charge in [-0.2, -0.15) is 0 Å². The molecule has 0 heterocycles. The normalized spacial score (nSPS) is 10.9. The van der Waals surface area contributed by atoms with E-state index in [9.17, 15) is 14.4 Å². The maximum Gasteiger partial charge on any atom is 0.303 e. The van der Waals surface area contributed by atoms with Crippen LogP contribution in [0.25, 0.3) is 0 Å². The van der Waals surface area contributed by atoms with Crippen molar-refractivity contribution in [3.8, 4) is 0 Å². The Hall–Kier alpha value is -1.59. The predicted molar refractivity (Wildman–Crippen MR) is 76.2 cm³/mol. The van der Waals surface area contributed by atoms with Crippen LogP contribution >= 0.6 is 0 Å². The second-order valence-corrected chi connectivity index (χ2v) is 5.81. The summed E-state index contributed by atoms with van der Waals surface area (Å²) in [4.78, 5) is 33.3. The maximum absolute atomic E-state index is 11.5. The van der Waals surface area contributed by atoms with Crippen LogP contribution in [0.4, 0.5) is 0 Å². The molecule has 0 aliphatic rings. The van der Waals surface area contributed by atoms with E-state index < -0.39 is 11.4 Å². The highest BCUT2D eigenvalue weighted by molar-refractivity contribution is 5.82. The van der Waals surface area contributed by atoms with Crippen molar-refractivity contribution in [2.75, 3.05) is 13.1 Å². The van der Waals surface area contributed by atoms with Crippen molar-refractivity contribution < 1.29 is 19.5 Å². The number of unbranched alkanes of at least 4 members (excludes halogenated alkanes) is 2. The van der Waals surface area contributed by atoms with Crippen molar-refractivity contribution in [1.82, 2.24) is 10.6 Å². The smallest absolute Gasteiger partial charge is 0.303 e. The Morgan fingerprint density at radius 2 is 1.55 bits per heavy atom. The summed E-state index contributed by atoms with van der Waals surface area (Å²) in [6, 6.07) is 0. The van der Waals surface area contributed by atoms with Crippen molar-refractivity contribution in [3.05, 3.63) is 0 Å². The molecule has 0 radical (unpaired) electrons. The molecule has 0 aromatic carbocycles. The fourth-order valence-corrected chi connectivity index (χ4v) is 1.45. The summed E-state index contributed by atoms with van der Waals surface area (Å²) in [5.74, 6) is -0.958. The summed E-state index contributed by atoms with van der Waals surface area (Å²) in [6.07, 6.45) is 2.62. The van der Waals surface area contributed by atoms with Gasteiger partial charge in [0.1, 0.15) is 0 Å². The van der Waals surface area contributed by atoms with Gasteiger partial charge in [0.2, 0.25) is 11.8 Å². The lowest BCUT2D eigenvalue weighted by atomic mass is 9.96. The summed E-state index contributed by atoms with van der Waals surface area (Å²) < 4.78 is 0. The summed E-state index contributed by atoms with van der Waals surface area (Å²) in [6.45, 7) is 6.34. The van der Waals surface area contributed by atoms with Crippen LogP contribution in [0.3, 0.4) is 0 Å². The number of rotatable bonds is 9. The molecule has 6 nitrogen and oxygen atoms in total. The second-order valence-electron chi connectivity index (χ2n) is 5.81. The van der Waals surface area contributed by atoms with Crippen LogP contribution in [0.5, 0.6) is 0 Å². The zero-order chi connectivity index (χ0) is 15.6. The predicted octanol–water partition coefficient (Wildman–Crippen LogP) is 1.30. The Bertz CT molecular complexity index is 335. The number of hydrogen-bond acceptors (Lipinski definition) is 3. The highest BCUT2D eigenvalue weighted by atomic mass is 16.4. The van der Waals surface area contributed by atoms with Gasteiger partial charge in [-0.3, -0.25) is 14.4 Å². The molecule has 0 aliphatic carbocycles. The number of carboxylic acids is 1. The Balaban J connectivity index is 3.51. The third kappa shape index (κ3) is 10.3. The summed E-state index contributed by atoms with van der Waals surface area (Å²) in [5, 5.41) is 13.9. The van der Waals surface area contributed by atoms with Gasteiger partial charge in [-0.1, -0.05) is 27.2 Å². The number of carboxylic acid groups (broad SMARTS) is 1. The lowest BCUT2D eigenvalue weighted by Gasteiger charge is -2.17. The van der Waals surface area contributed by atoms with E-state index >= 15 is 0 Å². The largest absolute Gasteiger partial charge is 0.481 e. The zero-order valence-electron chi connectivity index (χ0n) is 12.6. The first kappa shape index (κ1) is 18.4. The molecule has 0 rings (SSSR count). The van der Waals surface area contributed by atoms with Crippen LogP contribution in [0, 0.1) is 5.41 Å². The number of aliphatic carboxylic acids is 1. The van der Waals surface area contributed by atoms with E-state index in [2.05, 4.69) is 10.6 Å². The molecular formula is C14H26N2O4. The first-order valence-electron chi connectivity index (χ1n) is 7.00. The molecule has 3 N–H and O–H groups in total. The van der Waals surface area contributed by atoms with E-state index in [1.165, 1.54) is 0 Å². The van der Waals surface area contributed by atoms with Crippen molar-refractivity contribution in [2.45, 2.75) is 52.9 Å². The Morgan fingerprint density at radius 3 is 2.10 bits per heavy atom. The number of amides is 2. The van der Waals surface area contributed by atoms with E-state index in [1.54, 1.807) is 0 Å². The molecule has 116 valence electrons. The van der Waals surface area contributed by atoms with Crippen molar-refractivity contribution in [1.29, 1.82) is 0 Å². The first-order valence-corrected chi connectivity index (χ1v) is 7.00. The van der Waals surface area contributed by atoms with Crippen LogP contribution in [0.1, 0.15) is 52.9 Å². The minimum atomic E-state index is -0.788. The molecule has 0 spiro atoms. The lowest BCUT2D eigenvalue weighted by Crippen LogP contribution is -2.37. The van der Waals surface area contributed by atoms with E-state index in [-0.39, 0.29) is 24.7 Å². The molecular weight excluding hydrogens is 260 g/mol. The van der Waals surface area contributed by atoms with Gasteiger partial charge in [0.15, 0.2) is 0 Å². The summed E-state index contributed by atoms with van der Waals surface area (Å²) in [5.41, 5.74) is -0.444. The molecule has 0 atom stereocenters. The van der Waals surface area contributed by atoms with Gasteiger partial charge in [-0.15, -0.1) is 0 Å². The lowest BCUT2D eigenvalue weighted by molar-refractivity contribution is -0.137. The maximum atomic E-state index is 11.5. The second kappa shape index (κ2) is 9.34.